The average Bonchev–Trinajstić information content (AvgIpc) is 2.11. The summed E-state index contributed by atoms with van der Waals surface area (Å²) in [5.74, 6) is -0.0483. The zero-order valence-corrected chi connectivity index (χ0v) is 8.28. The van der Waals surface area contributed by atoms with Gasteiger partial charge in [0.1, 0.15) is 6.10 Å². The highest BCUT2D eigenvalue weighted by atomic mass is 16.6. The van der Waals surface area contributed by atoms with Crippen molar-refractivity contribution in [2.75, 3.05) is 13.2 Å². The molecule has 1 saturated heterocycles. The summed E-state index contributed by atoms with van der Waals surface area (Å²) in [4.78, 5) is 11.6. The highest BCUT2D eigenvalue weighted by Gasteiger charge is 2.30. The van der Waals surface area contributed by atoms with Gasteiger partial charge >= 0.3 is 5.97 Å². The Morgan fingerprint density at radius 3 is 2.71 bits per heavy atom. The Morgan fingerprint density at radius 2 is 2.14 bits per heavy atom. The fraction of sp³-hybridized carbons (Fsp3) is 0.900. The Balaban J connectivity index is 1.77. The molecule has 2 fully saturated rings. The van der Waals surface area contributed by atoms with E-state index in [0.717, 1.165) is 25.7 Å². The summed E-state index contributed by atoms with van der Waals surface area (Å²) >= 11 is 0. The number of rotatable bonds is 2. The molecule has 1 aliphatic carbocycles. The van der Waals surface area contributed by atoms with Crippen LogP contribution in [-0.4, -0.2) is 31.3 Å². The van der Waals surface area contributed by atoms with Crippen molar-refractivity contribution in [1.82, 2.24) is 0 Å². The van der Waals surface area contributed by atoms with E-state index in [-0.39, 0.29) is 24.0 Å². The molecule has 4 nitrogen and oxygen atoms in total. The highest BCUT2D eigenvalue weighted by molar-refractivity contribution is 5.72. The van der Waals surface area contributed by atoms with E-state index >= 15 is 0 Å². The second kappa shape index (κ2) is 4.28. The zero-order chi connectivity index (χ0) is 9.97. The molecular formula is C10H17NO3. The van der Waals surface area contributed by atoms with Gasteiger partial charge in [-0.2, -0.15) is 0 Å². The van der Waals surface area contributed by atoms with E-state index in [0.29, 0.717) is 13.2 Å². The van der Waals surface area contributed by atoms with Crippen LogP contribution in [0.4, 0.5) is 0 Å². The number of hydrogen-bond donors (Lipinski definition) is 1. The third-order valence-electron chi connectivity index (χ3n) is 2.94. The van der Waals surface area contributed by atoms with Gasteiger partial charge in [0.2, 0.25) is 0 Å². The maximum atomic E-state index is 11.6. The Bertz CT molecular complexity index is 215. The quantitative estimate of drug-likeness (QED) is 0.656. The summed E-state index contributed by atoms with van der Waals surface area (Å²) in [6, 6.07) is 0.180. The van der Waals surface area contributed by atoms with Gasteiger partial charge in [-0.05, 0) is 19.3 Å². The molecule has 0 radical (unpaired) electrons. The molecule has 1 heterocycles. The van der Waals surface area contributed by atoms with Gasteiger partial charge in [-0.1, -0.05) is 6.42 Å². The van der Waals surface area contributed by atoms with Gasteiger partial charge in [0, 0.05) is 6.04 Å². The predicted molar refractivity (Wildman–Crippen MR) is 50.6 cm³/mol. The molecular weight excluding hydrogens is 182 g/mol. The van der Waals surface area contributed by atoms with Crippen LogP contribution >= 0.6 is 0 Å². The first-order valence-corrected chi connectivity index (χ1v) is 5.29. The van der Waals surface area contributed by atoms with Gasteiger partial charge in [-0.15, -0.1) is 0 Å². The molecule has 0 spiro atoms. The van der Waals surface area contributed by atoms with Crippen molar-refractivity contribution in [2.24, 2.45) is 11.7 Å². The molecule has 4 heteroatoms. The highest BCUT2D eigenvalue weighted by Crippen LogP contribution is 2.25. The second-order valence-corrected chi connectivity index (χ2v) is 4.22. The Morgan fingerprint density at radius 1 is 1.36 bits per heavy atom. The van der Waals surface area contributed by atoms with Crippen LogP contribution < -0.4 is 5.73 Å². The number of hydrogen-bond acceptors (Lipinski definition) is 4. The van der Waals surface area contributed by atoms with Crippen LogP contribution in [0.2, 0.25) is 0 Å². The zero-order valence-electron chi connectivity index (χ0n) is 8.28. The van der Waals surface area contributed by atoms with Crippen LogP contribution in [0.5, 0.6) is 0 Å². The maximum Gasteiger partial charge on any atom is 0.309 e. The monoisotopic (exact) mass is 199 g/mol. The van der Waals surface area contributed by atoms with Crippen molar-refractivity contribution in [2.45, 2.75) is 37.8 Å². The molecule has 0 aromatic rings. The van der Waals surface area contributed by atoms with Crippen molar-refractivity contribution >= 4 is 5.97 Å². The third kappa shape index (κ3) is 2.25. The van der Waals surface area contributed by atoms with Gasteiger partial charge in [-0.3, -0.25) is 4.79 Å². The minimum Gasteiger partial charge on any atom is -0.457 e. The molecule has 0 bridgehead atoms. The van der Waals surface area contributed by atoms with Crippen molar-refractivity contribution < 1.29 is 14.3 Å². The smallest absolute Gasteiger partial charge is 0.309 e. The Hall–Kier alpha value is -0.610. The Kier molecular flexibility index (Phi) is 3.03. The van der Waals surface area contributed by atoms with E-state index in [9.17, 15) is 4.79 Å². The number of ether oxygens (including phenoxy) is 2. The summed E-state index contributed by atoms with van der Waals surface area (Å²) in [5, 5.41) is 0. The van der Waals surface area contributed by atoms with E-state index in [1.807, 2.05) is 0 Å². The summed E-state index contributed by atoms with van der Waals surface area (Å²) < 4.78 is 10.2. The summed E-state index contributed by atoms with van der Waals surface area (Å²) in [6.07, 6.45) is 3.80. The fourth-order valence-electron chi connectivity index (χ4n) is 1.98. The molecule has 0 aromatic heterocycles. The molecule has 0 aromatic carbocycles. The fourth-order valence-corrected chi connectivity index (χ4v) is 1.98. The van der Waals surface area contributed by atoms with E-state index < -0.39 is 0 Å². The average molecular weight is 199 g/mol. The minimum atomic E-state index is -0.0755. The molecule has 2 atom stereocenters. The van der Waals surface area contributed by atoms with E-state index in [1.165, 1.54) is 0 Å². The van der Waals surface area contributed by atoms with E-state index in [2.05, 4.69) is 0 Å². The van der Waals surface area contributed by atoms with Crippen molar-refractivity contribution in [1.29, 1.82) is 0 Å². The van der Waals surface area contributed by atoms with Gasteiger partial charge in [-0.25, -0.2) is 0 Å². The molecule has 2 rings (SSSR count). The SMILES string of the molecule is NC1CCCC(C(=O)OC2COC2)C1. The number of esters is 1. The van der Waals surface area contributed by atoms with Gasteiger partial charge in [0.25, 0.3) is 0 Å². The first kappa shape index (κ1) is 9.93. The van der Waals surface area contributed by atoms with Crippen LogP contribution in [0.1, 0.15) is 25.7 Å². The molecule has 2 aliphatic rings. The van der Waals surface area contributed by atoms with E-state index in [4.69, 9.17) is 15.2 Å². The van der Waals surface area contributed by atoms with E-state index in [1.54, 1.807) is 0 Å². The van der Waals surface area contributed by atoms with Gasteiger partial charge in [0.05, 0.1) is 19.1 Å². The topological polar surface area (TPSA) is 61.6 Å². The molecule has 2 unspecified atom stereocenters. The lowest BCUT2D eigenvalue weighted by Crippen LogP contribution is -2.41. The molecule has 14 heavy (non-hydrogen) atoms. The predicted octanol–water partition coefficient (Wildman–Crippen LogP) is 0.446. The molecule has 80 valence electrons. The van der Waals surface area contributed by atoms with Crippen LogP contribution in [0.25, 0.3) is 0 Å². The van der Waals surface area contributed by atoms with Crippen molar-refractivity contribution in [3.63, 3.8) is 0 Å². The lowest BCUT2D eigenvalue weighted by atomic mass is 9.86. The molecule has 0 amide bonds. The van der Waals surface area contributed by atoms with Gasteiger partial charge in [0.15, 0.2) is 0 Å². The van der Waals surface area contributed by atoms with Crippen LogP contribution in [0.3, 0.4) is 0 Å². The van der Waals surface area contributed by atoms with Gasteiger partial charge < -0.3 is 15.2 Å². The number of carbonyl (C=O) groups excluding carboxylic acids is 1. The number of nitrogens with two attached hydrogens (primary N) is 1. The molecule has 1 aliphatic heterocycles. The summed E-state index contributed by atoms with van der Waals surface area (Å²) in [7, 11) is 0. The minimum absolute atomic E-state index is 0.000603. The van der Waals surface area contributed by atoms with Crippen LogP contribution in [-0.2, 0) is 14.3 Å². The lowest BCUT2D eigenvalue weighted by molar-refractivity contribution is -0.177. The molecule has 2 N–H and O–H groups in total. The third-order valence-corrected chi connectivity index (χ3v) is 2.94. The number of carbonyl (C=O) groups is 1. The lowest BCUT2D eigenvalue weighted by Gasteiger charge is -2.30. The van der Waals surface area contributed by atoms with Crippen molar-refractivity contribution in [3.05, 3.63) is 0 Å². The Labute approximate surface area is 83.7 Å². The standard InChI is InChI=1S/C10H17NO3/c11-8-3-1-2-7(4-8)10(12)14-9-5-13-6-9/h7-9H,1-6,11H2. The van der Waals surface area contributed by atoms with Crippen LogP contribution in [0.15, 0.2) is 0 Å². The second-order valence-electron chi connectivity index (χ2n) is 4.22. The first-order valence-electron chi connectivity index (χ1n) is 5.29. The summed E-state index contributed by atoms with van der Waals surface area (Å²) in [6.45, 7) is 1.12. The maximum absolute atomic E-state index is 11.6. The normalized spacial score (nSPS) is 33.5. The van der Waals surface area contributed by atoms with Crippen LogP contribution in [0, 0.1) is 5.92 Å². The largest absolute Gasteiger partial charge is 0.457 e. The summed E-state index contributed by atoms with van der Waals surface area (Å²) in [5.41, 5.74) is 5.81. The first-order chi connectivity index (χ1) is 6.75. The van der Waals surface area contributed by atoms with Crippen molar-refractivity contribution in [3.8, 4) is 0 Å². The molecule has 1 saturated carbocycles.